The van der Waals surface area contributed by atoms with Gasteiger partial charge in [0.2, 0.25) is 10.0 Å². The average Bonchev–Trinajstić information content (AvgIpc) is 2.54. The van der Waals surface area contributed by atoms with E-state index in [0.29, 0.717) is 5.69 Å². The van der Waals surface area contributed by atoms with Crippen LogP contribution in [0, 0.1) is 11.8 Å². The van der Waals surface area contributed by atoms with Crippen molar-refractivity contribution in [3.8, 4) is 0 Å². The molecule has 2 aliphatic rings. The van der Waals surface area contributed by atoms with Crippen molar-refractivity contribution >= 4 is 21.7 Å². The first kappa shape index (κ1) is 17.2. The van der Waals surface area contributed by atoms with Crippen LogP contribution in [-0.2, 0) is 10.0 Å². The van der Waals surface area contributed by atoms with Crippen LogP contribution >= 0.6 is 0 Å². The van der Waals surface area contributed by atoms with E-state index in [1.165, 1.54) is 56.4 Å². The number of urea groups is 1. The van der Waals surface area contributed by atoms with Crippen LogP contribution in [0.15, 0.2) is 29.2 Å². The highest BCUT2D eigenvalue weighted by molar-refractivity contribution is 7.89. The largest absolute Gasteiger partial charge is 0.335 e. The molecule has 0 radical (unpaired) electrons. The van der Waals surface area contributed by atoms with Gasteiger partial charge in [-0.2, -0.15) is 0 Å². The van der Waals surface area contributed by atoms with Gasteiger partial charge in [-0.25, -0.2) is 18.4 Å². The number of benzene rings is 1. The summed E-state index contributed by atoms with van der Waals surface area (Å²) in [5, 5.41) is 10.9. The van der Waals surface area contributed by atoms with Crippen molar-refractivity contribution in [1.82, 2.24) is 5.32 Å². The fraction of sp³-hybridized carbons (Fsp3) is 0.588. The minimum absolute atomic E-state index is 0.0316. The molecule has 4 N–H and O–H groups in total. The number of nitrogens with two attached hydrogens (primary N) is 1. The lowest BCUT2D eigenvalue weighted by Gasteiger charge is -2.39. The molecule has 7 heteroatoms. The monoisotopic (exact) mass is 351 g/mol. The molecule has 0 unspecified atom stereocenters. The lowest BCUT2D eigenvalue weighted by atomic mass is 9.69. The number of amides is 2. The van der Waals surface area contributed by atoms with E-state index in [2.05, 4.69) is 10.6 Å². The first-order valence-corrected chi connectivity index (χ1v) is 10.2. The Hall–Kier alpha value is -1.60. The molecular formula is C17H25N3O3S. The van der Waals surface area contributed by atoms with Crippen molar-refractivity contribution in [2.45, 2.75) is 55.9 Å². The number of nitrogens with one attached hydrogen (secondary N) is 2. The lowest BCUT2D eigenvalue weighted by molar-refractivity contribution is 0.146. The third-order valence-corrected chi connectivity index (χ3v) is 6.24. The van der Waals surface area contributed by atoms with Crippen LogP contribution in [0.25, 0.3) is 0 Å². The Bertz CT molecular complexity index is 688. The van der Waals surface area contributed by atoms with E-state index in [0.717, 1.165) is 24.7 Å². The van der Waals surface area contributed by atoms with Gasteiger partial charge in [0, 0.05) is 11.7 Å². The fourth-order valence-corrected chi connectivity index (χ4v) is 4.60. The molecule has 3 rings (SSSR count). The Morgan fingerprint density at radius 1 is 1.00 bits per heavy atom. The Labute approximate surface area is 143 Å². The molecule has 24 heavy (non-hydrogen) atoms. The van der Waals surface area contributed by atoms with Crippen LogP contribution in [0.4, 0.5) is 10.5 Å². The van der Waals surface area contributed by atoms with E-state index < -0.39 is 10.0 Å². The highest BCUT2D eigenvalue weighted by Gasteiger charge is 2.32. The van der Waals surface area contributed by atoms with E-state index in [-0.39, 0.29) is 17.0 Å². The molecule has 0 spiro atoms. The summed E-state index contributed by atoms with van der Waals surface area (Å²) in [6.45, 7) is 0. The van der Waals surface area contributed by atoms with Crippen molar-refractivity contribution in [3.05, 3.63) is 24.3 Å². The summed E-state index contributed by atoms with van der Waals surface area (Å²) in [7, 11) is -3.71. The minimum Gasteiger partial charge on any atom is -0.335 e. The molecule has 0 bridgehead atoms. The van der Waals surface area contributed by atoms with E-state index in [1.54, 1.807) is 0 Å². The van der Waals surface area contributed by atoms with Crippen LogP contribution in [0.5, 0.6) is 0 Å². The lowest BCUT2D eigenvalue weighted by Crippen LogP contribution is -2.43. The summed E-state index contributed by atoms with van der Waals surface area (Å²) in [4.78, 5) is 12.2. The predicted molar refractivity (Wildman–Crippen MR) is 93.1 cm³/mol. The first-order valence-electron chi connectivity index (χ1n) is 8.62. The third-order valence-electron chi connectivity index (χ3n) is 5.32. The summed E-state index contributed by atoms with van der Waals surface area (Å²) in [6, 6.07) is 5.84. The van der Waals surface area contributed by atoms with Gasteiger partial charge in [-0.1, -0.05) is 25.7 Å². The topological polar surface area (TPSA) is 101 Å². The van der Waals surface area contributed by atoms with E-state index in [9.17, 15) is 13.2 Å². The van der Waals surface area contributed by atoms with Crippen molar-refractivity contribution in [3.63, 3.8) is 0 Å². The molecule has 6 nitrogen and oxygen atoms in total. The zero-order valence-electron chi connectivity index (χ0n) is 13.7. The van der Waals surface area contributed by atoms with Crippen LogP contribution in [0.1, 0.15) is 44.9 Å². The molecule has 2 aliphatic carbocycles. The Morgan fingerprint density at radius 2 is 1.67 bits per heavy atom. The zero-order chi connectivity index (χ0) is 17.2. The van der Waals surface area contributed by atoms with Gasteiger partial charge in [0.15, 0.2) is 0 Å². The summed E-state index contributed by atoms with van der Waals surface area (Å²) < 4.78 is 22.4. The summed E-state index contributed by atoms with van der Waals surface area (Å²) in [5.41, 5.74) is 0.547. The van der Waals surface area contributed by atoms with E-state index >= 15 is 0 Å². The number of carbonyl (C=O) groups is 1. The van der Waals surface area contributed by atoms with Gasteiger partial charge in [-0.3, -0.25) is 0 Å². The molecule has 2 amide bonds. The molecule has 132 valence electrons. The van der Waals surface area contributed by atoms with Crippen molar-refractivity contribution in [2.24, 2.45) is 17.0 Å². The average molecular weight is 351 g/mol. The standard InChI is InChI=1S/C17H25N3O3S/c18-24(22,23)16-9-7-14(8-10-16)19-17(21)20-15-6-5-12-3-1-2-4-13(12)11-15/h7-10,12-13,15H,1-6,11H2,(H2,18,22,23)(H2,19,20,21)/t12-,13+,15+/m0/s1. The van der Waals surface area contributed by atoms with E-state index in [4.69, 9.17) is 5.14 Å². The maximum absolute atomic E-state index is 12.2. The number of sulfonamides is 1. The molecule has 0 saturated heterocycles. The molecule has 0 aromatic heterocycles. The van der Waals surface area contributed by atoms with Gasteiger partial charge in [-0.05, 0) is 55.4 Å². The van der Waals surface area contributed by atoms with Crippen molar-refractivity contribution < 1.29 is 13.2 Å². The van der Waals surface area contributed by atoms with Gasteiger partial charge in [0.1, 0.15) is 0 Å². The quantitative estimate of drug-likeness (QED) is 0.780. The summed E-state index contributed by atoms with van der Waals surface area (Å²) in [5.74, 6) is 1.61. The summed E-state index contributed by atoms with van der Waals surface area (Å²) in [6.07, 6.45) is 8.63. The fourth-order valence-electron chi connectivity index (χ4n) is 4.08. The number of fused-ring (bicyclic) bond motifs is 1. The second-order valence-corrected chi connectivity index (χ2v) is 8.54. The molecule has 1 aromatic carbocycles. The number of carbonyl (C=O) groups excluding carboxylic acids is 1. The molecule has 1 aromatic rings. The molecule has 2 fully saturated rings. The molecule has 3 atom stereocenters. The highest BCUT2D eigenvalue weighted by Crippen LogP contribution is 2.40. The van der Waals surface area contributed by atoms with Gasteiger partial charge in [0.25, 0.3) is 0 Å². The molecular weight excluding hydrogens is 326 g/mol. The Morgan fingerprint density at radius 3 is 2.33 bits per heavy atom. The van der Waals surface area contributed by atoms with Crippen LogP contribution in [-0.4, -0.2) is 20.5 Å². The second-order valence-electron chi connectivity index (χ2n) is 6.98. The first-order chi connectivity index (χ1) is 11.4. The highest BCUT2D eigenvalue weighted by atomic mass is 32.2. The zero-order valence-corrected chi connectivity index (χ0v) is 14.5. The maximum atomic E-state index is 12.2. The normalized spacial score (nSPS) is 27.1. The molecule has 2 saturated carbocycles. The summed E-state index contributed by atoms with van der Waals surface area (Å²) >= 11 is 0. The molecule has 0 aliphatic heterocycles. The Kier molecular flexibility index (Phi) is 5.10. The number of anilines is 1. The smallest absolute Gasteiger partial charge is 0.319 e. The second kappa shape index (κ2) is 7.11. The third kappa shape index (κ3) is 4.27. The van der Waals surface area contributed by atoms with Crippen molar-refractivity contribution in [2.75, 3.05) is 5.32 Å². The number of hydrogen-bond acceptors (Lipinski definition) is 3. The minimum atomic E-state index is -3.71. The van der Waals surface area contributed by atoms with Gasteiger partial charge in [0.05, 0.1) is 4.90 Å². The molecule has 0 heterocycles. The van der Waals surface area contributed by atoms with Crippen LogP contribution in [0.3, 0.4) is 0 Å². The van der Waals surface area contributed by atoms with Gasteiger partial charge < -0.3 is 10.6 Å². The van der Waals surface area contributed by atoms with Crippen LogP contribution in [0.2, 0.25) is 0 Å². The van der Waals surface area contributed by atoms with E-state index in [1.807, 2.05) is 0 Å². The van der Waals surface area contributed by atoms with Crippen molar-refractivity contribution in [1.29, 1.82) is 0 Å². The SMILES string of the molecule is NS(=O)(=O)c1ccc(NC(=O)N[C@@H]2CC[C@@H]3CCCC[C@@H]3C2)cc1. The Balaban J connectivity index is 1.52. The predicted octanol–water partition coefficient (Wildman–Crippen LogP) is 2.81. The van der Waals surface area contributed by atoms with Crippen LogP contribution < -0.4 is 15.8 Å². The number of rotatable bonds is 3. The van der Waals surface area contributed by atoms with Gasteiger partial charge in [-0.15, -0.1) is 0 Å². The number of primary sulfonamides is 1. The number of hydrogen-bond donors (Lipinski definition) is 3. The van der Waals surface area contributed by atoms with Gasteiger partial charge >= 0.3 is 6.03 Å². The maximum Gasteiger partial charge on any atom is 0.319 e.